The van der Waals surface area contributed by atoms with Crippen molar-refractivity contribution in [1.29, 1.82) is 0 Å². The van der Waals surface area contributed by atoms with E-state index in [2.05, 4.69) is 5.10 Å². The van der Waals surface area contributed by atoms with Gasteiger partial charge in [0.25, 0.3) is 0 Å². The molecule has 1 unspecified atom stereocenters. The van der Waals surface area contributed by atoms with Crippen molar-refractivity contribution in [2.45, 2.75) is 26.7 Å². The third-order valence-corrected chi connectivity index (χ3v) is 3.66. The molecule has 0 aliphatic rings. The molecule has 0 amide bonds. The second-order valence-corrected chi connectivity index (χ2v) is 5.15. The second kappa shape index (κ2) is 5.67. The van der Waals surface area contributed by atoms with Gasteiger partial charge in [0.15, 0.2) is 0 Å². The molecule has 2 rings (SSSR count). The van der Waals surface area contributed by atoms with Crippen molar-refractivity contribution >= 4 is 17.6 Å². The number of rotatable bonds is 3. The van der Waals surface area contributed by atoms with Gasteiger partial charge < -0.3 is 4.74 Å². The Morgan fingerprint density at radius 2 is 1.90 bits per heavy atom. The van der Waals surface area contributed by atoms with Gasteiger partial charge in [0.05, 0.1) is 24.4 Å². The molecule has 0 N–H and O–H groups in total. The fourth-order valence-corrected chi connectivity index (χ4v) is 2.54. The molecular formula is C15H17ClN2O2. The highest BCUT2D eigenvalue weighted by Crippen LogP contribution is 2.26. The Hall–Kier alpha value is -1.81. The van der Waals surface area contributed by atoms with E-state index in [4.69, 9.17) is 16.3 Å². The van der Waals surface area contributed by atoms with Gasteiger partial charge in [-0.2, -0.15) is 5.10 Å². The Balaban J connectivity index is 2.48. The smallest absolute Gasteiger partial charge is 0.312 e. The van der Waals surface area contributed by atoms with Crippen LogP contribution in [0.1, 0.15) is 29.8 Å². The van der Waals surface area contributed by atoms with E-state index >= 15 is 0 Å². The molecule has 0 bridgehead atoms. The topological polar surface area (TPSA) is 44.1 Å². The largest absolute Gasteiger partial charge is 0.469 e. The molecule has 1 aromatic heterocycles. The standard InChI is InChI=1S/C15H17ClN2O2/c1-9(15(19)20-4)14-10(2)17-18(11(14)3)13-7-5-12(16)6-8-13/h5-9H,1-4H3. The summed E-state index contributed by atoms with van der Waals surface area (Å²) < 4.78 is 6.63. The molecule has 1 heterocycles. The zero-order chi connectivity index (χ0) is 14.9. The average Bonchev–Trinajstić information content (AvgIpc) is 2.73. The minimum absolute atomic E-state index is 0.258. The number of carbonyl (C=O) groups is 1. The fraction of sp³-hybridized carbons (Fsp3) is 0.333. The Kier molecular flexibility index (Phi) is 4.14. The summed E-state index contributed by atoms with van der Waals surface area (Å²) in [5.74, 6) is -0.590. The van der Waals surface area contributed by atoms with Crippen LogP contribution in [0.15, 0.2) is 24.3 Å². The van der Waals surface area contributed by atoms with Gasteiger partial charge in [-0.05, 0) is 45.0 Å². The molecule has 1 aromatic carbocycles. The van der Waals surface area contributed by atoms with E-state index in [0.717, 1.165) is 22.6 Å². The first-order valence-corrected chi connectivity index (χ1v) is 6.73. The molecule has 106 valence electrons. The number of hydrogen-bond acceptors (Lipinski definition) is 3. The van der Waals surface area contributed by atoms with Gasteiger partial charge in [-0.1, -0.05) is 11.6 Å². The first-order chi connectivity index (χ1) is 9.45. The van der Waals surface area contributed by atoms with E-state index in [0.29, 0.717) is 5.02 Å². The van der Waals surface area contributed by atoms with Crippen LogP contribution in [0.4, 0.5) is 0 Å². The number of aryl methyl sites for hydroxylation is 1. The van der Waals surface area contributed by atoms with E-state index in [9.17, 15) is 4.79 Å². The van der Waals surface area contributed by atoms with Crippen LogP contribution in [0.25, 0.3) is 5.69 Å². The third-order valence-electron chi connectivity index (χ3n) is 3.41. The maximum absolute atomic E-state index is 11.7. The predicted octanol–water partition coefficient (Wildman–Crippen LogP) is 3.42. The van der Waals surface area contributed by atoms with Crippen LogP contribution in [0, 0.1) is 13.8 Å². The van der Waals surface area contributed by atoms with Crippen molar-refractivity contribution in [2.75, 3.05) is 7.11 Å². The lowest BCUT2D eigenvalue weighted by Crippen LogP contribution is -2.12. The van der Waals surface area contributed by atoms with E-state index in [1.807, 2.05) is 49.7 Å². The summed E-state index contributed by atoms with van der Waals surface area (Å²) in [7, 11) is 1.40. The van der Waals surface area contributed by atoms with Gasteiger partial charge in [0.1, 0.15) is 0 Å². The van der Waals surface area contributed by atoms with E-state index in [-0.39, 0.29) is 11.9 Å². The molecule has 5 heteroatoms. The molecule has 2 aromatic rings. The lowest BCUT2D eigenvalue weighted by Gasteiger charge is -2.10. The Bertz CT molecular complexity index is 632. The number of hydrogen-bond donors (Lipinski definition) is 0. The van der Waals surface area contributed by atoms with Crippen molar-refractivity contribution in [2.24, 2.45) is 0 Å². The lowest BCUT2D eigenvalue weighted by atomic mass is 9.99. The summed E-state index contributed by atoms with van der Waals surface area (Å²) in [6.07, 6.45) is 0. The summed E-state index contributed by atoms with van der Waals surface area (Å²) >= 11 is 5.90. The number of methoxy groups -OCH3 is 1. The Labute approximate surface area is 123 Å². The Morgan fingerprint density at radius 3 is 2.45 bits per heavy atom. The van der Waals surface area contributed by atoms with Gasteiger partial charge >= 0.3 is 5.97 Å². The van der Waals surface area contributed by atoms with Crippen molar-refractivity contribution in [3.05, 3.63) is 46.2 Å². The molecule has 0 aliphatic heterocycles. The summed E-state index contributed by atoms with van der Waals surface area (Å²) in [4.78, 5) is 11.7. The second-order valence-electron chi connectivity index (χ2n) is 4.72. The highest BCUT2D eigenvalue weighted by atomic mass is 35.5. The molecular weight excluding hydrogens is 276 g/mol. The summed E-state index contributed by atoms with van der Waals surface area (Å²) in [5.41, 5.74) is 3.59. The van der Waals surface area contributed by atoms with E-state index < -0.39 is 0 Å². The number of nitrogens with zero attached hydrogens (tertiary/aromatic N) is 2. The quantitative estimate of drug-likeness (QED) is 0.814. The number of halogens is 1. The van der Waals surface area contributed by atoms with Crippen LogP contribution >= 0.6 is 11.6 Å². The van der Waals surface area contributed by atoms with Gasteiger partial charge in [-0.15, -0.1) is 0 Å². The van der Waals surface area contributed by atoms with Crippen molar-refractivity contribution in [3.8, 4) is 5.69 Å². The molecule has 20 heavy (non-hydrogen) atoms. The minimum Gasteiger partial charge on any atom is -0.469 e. The highest BCUT2D eigenvalue weighted by Gasteiger charge is 2.24. The first kappa shape index (κ1) is 14.6. The maximum Gasteiger partial charge on any atom is 0.312 e. The van der Waals surface area contributed by atoms with Crippen LogP contribution in [-0.4, -0.2) is 22.9 Å². The number of ether oxygens (including phenoxy) is 1. The maximum atomic E-state index is 11.7. The SMILES string of the molecule is COC(=O)C(C)c1c(C)nn(-c2ccc(Cl)cc2)c1C. The normalized spacial score (nSPS) is 12.2. The van der Waals surface area contributed by atoms with Crippen LogP contribution in [0.2, 0.25) is 5.02 Å². The van der Waals surface area contributed by atoms with Gasteiger partial charge in [0, 0.05) is 16.3 Å². The van der Waals surface area contributed by atoms with Crippen LogP contribution in [-0.2, 0) is 9.53 Å². The molecule has 4 nitrogen and oxygen atoms in total. The summed E-state index contributed by atoms with van der Waals surface area (Å²) in [6.45, 7) is 5.67. The monoisotopic (exact) mass is 292 g/mol. The predicted molar refractivity (Wildman–Crippen MR) is 78.5 cm³/mol. The molecule has 1 atom stereocenters. The zero-order valence-electron chi connectivity index (χ0n) is 12.0. The molecule has 0 spiro atoms. The highest BCUT2D eigenvalue weighted by molar-refractivity contribution is 6.30. The van der Waals surface area contributed by atoms with Gasteiger partial charge in [-0.3, -0.25) is 4.79 Å². The van der Waals surface area contributed by atoms with Crippen molar-refractivity contribution in [3.63, 3.8) is 0 Å². The number of carbonyl (C=O) groups excluding carboxylic acids is 1. The van der Waals surface area contributed by atoms with Crippen molar-refractivity contribution in [1.82, 2.24) is 9.78 Å². The lowest BCUT2D eigenvalue weighted by molar-refractivity contribution is -0.142. The number of benzene rings is 1. The van der Waals surface area contributed by atoms with Crippen LogP contribution in [0.5, 0.6) is 0 Å². The molecule has 0 aliphatic carbocycles. The minimum atomic E-state index is -0.332. The van der Waals surface area contributed by atoms with Crippen molar-refractivity contribution < 1.29 is 9.53 Å². The summed E-state index contributed by atoms with van der Waals surface area (Å²) in [5, 5.41) is 5.19. The third kappa shape index (κ3) is 2.56. The van der Waals surface area contributed by atoms with Crippen LogP contribution in [0.3, 0.4) is 0 Å². The summed E-state index contributed by atoms with van der Waals surface area (Å²) in [6, 6.07) is 7.43. The zero-order valence-corrected chi connectivity index (χ0v) is 12.7. The average molecular weight is 293 g/mol. The molecule has 0 fully saturated rings. The molecule has 0 saturated carbocycles. The first-order valence-electron chi connectivity index (χ1n) is 6.35. The van der Waals surface area contributed by atoms with Gasteiger partial charge in [-0.25, -0.2) is 4.68 Å². The van der Waals surface area contributed by atoms with Gasteiger partial charge in [0.2, 0.25) is 0 Å². The number of esters is 1. The molecule has 0 radical (unpaired) electrons. The van der Waals surface area contributed by atoms with Crippen LogP contribution < -0.4 is 0 Å². The van der Waals surface area contributed by atoms with E-state index in [1.165, 1.54) is 7.11 Å². The molecule has 0 saturated heterocycles. The van der Waals surface area contributed by atoms with E-state index in [1.54, 1.807) is 0 Å². The Morgan fingerprint density at radius 1 is 1.30 bits per heavy atom. The fourth-order valence-electron chi connectivity index (χ4n) is 2.41. The number of aromatic nitrogens is 2.